The Balaban J connectivity index is 1.74. The third-order valence-electron chi connectivity index (χ3n) is 6.06. The molecular formula is C20H27F3N6OS. The Hall–Kier alpha value is -2.11. The molecule has 170 valence electrons. The molecule has 1 aliphatic heterocycles. The lowest BCUT2D eigenvalue weighted by atomic mass is 9.74. The highest BCUT2D eigenvalue weighted by atomic mass is 32.2. The van der Waals surface area contributed by atoms with Gasteiger partial charge in [-0.05, 0) is 56.9 Å². The molecule has 7 nitrogen and oxygen atoms in total. The van der Waals surface area contributed by atoms with E-state index in [1.807, 2.05) is 0 Å². The number of rotatable bonds is 4. The van der Waals surface area contributed by atoms with Gasteiger partial charge in [-0.25, -0.2) is 4.99 Å². The van der Waals surface area contributed by atoms with E-state index in [1.54, 1.807) is 6.92 Å². The Morgan fingerprint density at radius 1 is 1.39 bits per heavy atom. The number of nitrogens with two attached hydrogens (primary N) is 2. The zero-order valence-corrected chi connectivity index (χ0v) is 18.1. The van der Waals surface area contributed by atoms with Crippen LogP contribution in [-0.4, -0.2) is 52.8 Å². The number of amidine groups is 1. The van der Waals surface area contributed by atoms with Crippen molar-refractivity contribution in [2.45, 2.75) is 55.8 Å². The molecular weight excluding hydrogens is 429 g/mol. The Labute approximate surface area is 183 Å². The number of thioether (sulfide) groups is 1. The van der Waals surface area contributed by atoms with Gasteiger partial charge in [0.15, 0.2) is 11.5 Å². The van der Waals surface area contributed by atoms with Gasteiger partial charge in [0.05, 0.1) is 6.10 Å². The fraction of sp³-hybridized carbons (Fsp3) is 0.550. The minimum Gasteiger partial charge on any atom is -0.393 e. The van der Waals surface area contributed by atoms with Crippen LogP contribution in [-0.2, 0) is 6.18 Å². The number of halogens is 3. The van der Waals surface area contributed by atoms with E-state index in [2.05, 4.69) is 26.6 Å². The summed E-state index contributed by atoms with van der Waals surface area (Å²) in [5.74, 6) is 0.631. The molecule has 1 aromatic heterocycles. The Kier molecular flexibility index (Phi) is 6.97. The van der Waals surface area contributed by atoms with Gasteiger partial charge in [-0.1, -0.05) is 11.8 Å². The van der Waals surface area contributed by atoms with Crippen LogP contribution in [0.4, 0.5) is 13.2 Å². The summed E-state index contributed by atoms with van der Waals surface area (Å²) in [7, 11) is 0. The van der Waals surface area contributed by atoms with E-state index >= 15 is 0 Å². The second-order valence-electron chi connectivity index (χ2n) is 8.01. The summed E-state index contributed by atoms with van der Waals surface area (Å²) in [6, 6.07) is 2.71. The van der Waals surface area contributed by atoms with Crippen molar-refractivity contribution in [3.63, 3.8) is 0 Å². The molecule has 0 aromatic carbocycles. The zero-order valence-electron chi connectivity index (χ0n) is 17.3. The van der Waals surface area contributed by atoms with Crippen LogP contribution >= 0.6 is 11.8 Å². The molecule has 1 saturated heterocycles. The number of hydrogen-bond donors (Lipinski definition) is 3. The molecule has 2 heterocycles. The topological polar surface area (TPSA) is 113 Å². The Morgan fingerprint density at radius 3 is 2.61 bits per heavy atom. The number of hydrogen-bond acceptors (Lipinski definition) is 7. The SMILES string of the molecule is C=N/C(Sc1cccnc1C(F)(F)F)=C(N)\N=C(/C)N1CCC2(CC1)C[C@@H](O)C[C@H]2N. The summed E-state index contributed by atoms with van der Waals surface area (Å²) in [6.45, 7) is 6.65. The molecule has 2 fully saturated rings. The molecule has 0 radical (unpaired) electrons. The maximum Gasteiger partial charge on any atom is 0.434 e. The lowest BCUT2D eigenvalue weighted by Crippen LogP contribution is -2.48. The summed E-state index contributed by atoms with van der Waals surface area (Å²) >= 11 is 0.728. The smallest absolute Gasteiger partial charge is 0.393 e. The molecule has 1 spiro atoms. The van der Waals surface area contributed by atoms with Crippen LogP contribution in [0, 0.1) is 5.41 Å². The first-order chi connectivity index (χ1) is 14.6. The number of aliphatic imine (C=N–C) groups is 2. The van der Waals surface area contributed by atoms with Gasteiger partial charge in [0.25, 0.3) is 0 Å². The van der Waals surface area contributed by atoms with Crippen LogP contribution in [0.15, 0.2) is 44.1 Å². The minimum absolute atomic E-state index is 0.0113. The first-order valence-corrected chi connectivity index (χ1v) is 10.8. The average Bonchev–Trinajstić information content (AvgIpc) is 2.98. The van der Waals surface area contributed by atoms with Gasteiger partial charge in [-0.3, -0.25) is 9.98 Å². The number of alkyl halides is 3. The van der Waals surface area contributed by atoms with Crippen LogP contribution in [0.5, 0.6) is 0 Å². The van der Waals surface area contributed by atoms with Gasteiger partial charge in [0.2, 0.25) is 0 Å². The summed E-state index contributed by atoms with van der Waals surface area (Å²) in [6.07, 6.45) is -0.829. The Bertz CT molecular complexity index is 880. The van der Waals surface area contributed by atoms with Crippen LogP contribution in [0.2, 0.25) is 0 Å². The molecule has 11 heteroatoms. The molecule has 0 amide bonds. The van der Waals surface area contributed by atoms with Gasteiger partial charge in [0, 0.05) is 30.2 Å². The quantitative estimate of drug-likeness (QED) is 0.365. The van der Waals surface area contributed by atoms with Crippen molar-refractivity contribution in [1.82, 2.24) is 9.88 Å². The lowest BCUT2D eigenvalue weighted by Gasteiger charge is -2.42. The van der Waals surface area contributed by atoms with Gasteiger partial charge in [-0.15, -0.1) is 0 Å². The zero-order chi connectivity index (χ0) is 22.8. The fourth-order valence-electron chi connectivity index (χ4n) is 4.35. The molecule has 1 saturated carbocycles. The molecule has 5 N–H and O–H groups in total. The largest absolute Gasteiger partial charge is 0.434 e. The number of likely N-dealkylation sites (tertiary alicyclic amines) is 1. The van der Waals surface area contributed by atoms with E-state index < -0.39 is 11.9 Å². The van der Waals surface area contributed by atoms with E-state index in [9.17, 15) is 18.3 Å². The van der Waals surface area contributed by atoms with Crippen LogP contribution < -0.4 is 11.5 Å². The monoisotopic (exact) mass is 456 g/mol. The van der Waals surface area contributed by atoms with Crippen molar-refractivity contribution < 1.29 is 18.3 Å². The summed E-state index contributed by atoms with van der Waals surface area (Å²) in [5.41, 5.74) is 11.3. The molecule has 2 aliphatic rings. The second-order valence-corrected chi connectivity index (χ2v) is 9.04. The number of piperidine rings is 1. The molecule has 1 aromatic rings. The van der Waals surface area contributed by atoms with Crippen molar-refractivity contribution >= 4 is 24.3 Å². The maximum atomic E-state index is 13.2. The highest BCUT2D eigenvalue weighted by molar-refractivity contribution is 8.03. The molecule has 3 rings (SSSR count). The van der Waals surface area contributed by atoms with Crippen LogP contribution in [0.25, 0.3) is 0 Å². The van der Waals surface area contributed by atoms with Crippen molar-refractivity contribution in [3.05, 3.63) is 34.9 Å². The first-order valence-electron chi connectivity index (χ1n) is 9.96. The Morgan fingerprint density at radius 2 is 2.06 bits per heavy atom. The van der Waals surface area contributed by atoms with Crippen LogP contribution in [0.1, 0.15) is 38.3 Å². The van der Waals surface area contributed by atoms with Crippen molar-refractivity contribution in [2.75, 3.05) is 13.1 Å². The standard InChI is InChI=1S/C20H27F3N6OS/c1-12(29-8-5-19(6-9-29)11-13(30)10-15(19)24)28-17(25)18(26-2)31-14-4-3-7-27-16(14)20(21,22)23/h3-4,7,13,15,30H,2,5-6,8-11,24-25H2,1H3/b18-17+,28-12+/t13-,15+/m0/s1. The third kappa shape index (κ3) is 5.21. The van der Waals surface area contributed by atoms with E-state index in [0.29, 0.717) is 31.8 Å². The molecule has 1 aliphatic carbocycles. The highest BCUT2D eigenvalue weighted by Crippen LogP contribution is 2.45. The second kappa shape index (κ2) is 9.17. The number of nitrogens with zero attached hydrogens (tertiary/aromatic N) is 4. The predicted molar refractivity (Wildman–Crippen MR) is 115 cm³/mol. The third-order valence-corrected chi connectivity index (χ3v) is 7.14. The molecule has 0 bridgehead atoms. The predicted octanol–water partition coefficient (Wildman–Crippen LogP) is 2.96. The van der Waals surface area contributed by atoms with Gasteiger partial charge < -0.3 is 21.5 Å². The number of aliphatic hydroxyl groups is 1. The van der Waals surface area contributed by atoms with Gasteiger partial charge in [-0.2, -0.15) is 13.2 Å². The van der Waals surface area contributed by atoms with Gasteiger partial charge in [0.1, 0.15) is 10.9 Å². The minimum atomic E-state index is -4.59. The van der Waals surface area contributed by atoms with Gasteiger partial charge >= 0.3 is 6.18 Å². The normalized spacial score (nSPS) is 25.0. The van der Waals surface area contributed by atoms with Crippen LogP contribution in [0.3, 0.4) is 0 Å². The fourth-order valence-corrected chi connectivity index (χ4v) is 5.18. The van der Waals surface area contributed by atoms with E-state index in [-0.39, 0.29) is 33.3 Å². The number of aliphatic hydroxyl groups excluding tert-OH is 1. The van der Waals surface area contributed by atoms with Crippen molar-refractivity contribution in [1.29, 1.82) is 0 Å². The average molecular weight is 457 g/mol. The maximum absolute atomic E-state index is 13.2. The molecule has 0 unspecified atom stereocenters. The lowest BCUT2D eigenvalue weighted by molar-refractivity contribution is -0.143. The van der Waals surface area contributed by atoms with E-state index in [4.69, 9.17) is 11.5 Å². The summed E-state index contributed by atoms with van der Waals surface area (Å²) < 4.78 is 39.6. The highest BCUT2D eigenvalue weighted by Gasteiger charge is 2.46. The van der Waals surface area contributed by atoms with E-state index in [0.717, 1.165) is 30.8 Å². The summed E-state index contributed by atoms with van der Waals surface area (Å²) in [5, 5.41) is 10.0. The first kappa shape index (κ1) is 23.6. The van der Waals surface area contributed by atoms with Crippen molar-refractivity contribution in [2.24, 2.45) is 26.9 Å². The van der Waals surface area contributed by atoms with Crippen molar-refractivity contribution in [3.8, 4) is 0 Å². The number of aromatic nitrogens is 1. The number of pyridine rings is 1. The van der Waals surface area contributed by atoms with E-state index in [1.165, 1.54) is 12.1 Å². The molecule has 31 heavy (non-hydrogen) atoms. The summed E-state index contributed by atoms with van der Waals surface area (Å²) in [4.78, 5) is 13.5. The molecule has 2 atom stereocenters.